The lowest BCUT2D eigenvalue weighted by Gasteiger charge is -2.14. The molecule has 0 aliphatic heterocycles. The van der Waals surface area contributed by atoms with Crippen molar-refractivity contribution >= 4 is 16.7 Å². The molecule has 384 valence electrons. The Kier molecular flexibility index (Phi) is 13.3. The molecule has 0 spiro atoms. The van der Waals surface area contributed by atoms with Crippen LogP contribution in [-0.4, -0.2) is 0 Å². The van der Waals surface area contributed by atoms with Crippen molar-refractivity contribution in [1.82, 2.24) is 0 Å². The Hall–Kier alpha value is -8.88. The van der Waals surface area contributed by atoms with Crippen LogP contribution >= 0.6 is 0 Å². The van der Waals surface area contributed by atoms with Gasteiger partial charge >= 0.3 is 0 Å². The van der Waals surface area contributed by atoms with E-state index < -0.39 is 241 Å². The first-order chi connectivity index (χ1) is 34.9. The molecule has 75 heavy (non-hydrogen) atoms. The van der Waals surface area contributed by atoms with E-state index in [1.807, 2.05) is 0 Å². The molecule has 0 N–H and O–H groups in total. The minimum atomic E-state index is -3.30. The molecule has 1 fully saturated rings. The molecule has 1 saturated carbocycles. The van der Waals surface area contributed by atoms with Crippen molar-refractivity contribution in [3.8, 4) is 51.6 Å². The number of halogens is 27. The van der Waals surface area contributed by atoms with E-state index in [9.17, 15) is 81.6 Å². The molecule has 7 rings (SSSR count). The second-order valence-electron chi connectivity index (χ2n) is 14.4. The van der Waals surface area contributed by atoms with E-state index in [-0.39, 0.29) is 0 Å². The minimum absolute atomic E-state index is 0.585. The number of hydrogen-bond acceptors (Lipinski definition) is 3. The van der Waals surface area contributed by atoms with Crippen LogP contribution in [0.2, 0.25) is 0 Å². The Morgan fingerprint density at radius 1 is 0.173 bits per heavy atom. The Morgan fingerprint density at radius 3 is 0.400 bits per heavy atom. The summed E-state index contributed by atoms with van der Waals surface area (Å²) in [6, 6.07) is 1.76. The smallest absolute Gasteiger partial charge is 0.200 e. The lowest BCUT2D eigenvalue weighted by atomic mass is 9.95. The zero-order valence-electron chi connectivity index (χ0n) is 34.0. The third kappa shape index (κ3) is 7.41. The van der Waals surface area contributed by atoms with Crippen LogP contribution in [0.15, 0.2) is 16.7 Å². The normalized spacial score (nSPS) is 12.1. The third-order valence-electron chi connectivity index (χ3n) is 10.7. The molecule has 6 aromatic carbocycles. The summed E-state index contributed by atoms with van der Waals surface area (Å²) in [4.78, 5) is 0. The van der Waals surface area contributed by atoms with Gasteiger partial charge in [-0.15, -0.1) is 0 Å². The second-order valence-corrected chi connectivity index (χ2v) is 14.4. The molecule has 0 bridgehead atoms. The van der Waals surface area contributed by atoms with E-state index in [2.05, 4.69) is 0 Å². The van der Waals surface area contributed by atoms with Crippen LogP contribution < -0.4 is 0 Å². The van der Waals surface area contributed by atoms with Crippen LogP contribution in [0.3, 0.4) is 0 Å². The van der Waals surface area contributed by atoms with Gasteiger partial charge in [-0.1, -0.05) is 0 Å². The largest absolute Gasteiger partial charge is 0.203 e. The summed E-state index contributed by atoms with van der Waals surface area (Å²) in [5, 5.41) is 30.4. The summed E-state index contributed by atoms with van der Waals surface area (Å²) in [6.45, 7) is 0. The second kappa shape index (κ2) is 18.6. The molecule has 0 atom stereocenters. The van der Waals surface area contributed by atoms with Gasteiger partial charge in [-0.2, -0.15) is 15.8 Å². The van der Waals surface area contributed by atoms with Gasteiger partial charge in [0.25, 0.3) is 0 Å². The van der Waals surface area contributed by atoms with Crippen LogP contribution in [0, 0.1) is 191 Å². The molecule has 0 amide bonds. The van der Waals surface area contributed by atoms with Gasteiger partial charge in [0.2, 0.25) is 17.5 Å². The molecular weight excluding hydrogens is 1100 g/mol. The number of nitriles is 3. The maximum Gasteiger partial charge on any atom is 0.200 e. The molecule has 0 unspecified atom stereocenters. The topological polar surface area (TPSA) is 71.4 Å². The highest BCUT2D eigenvalue weighted by Gasteiger charge is 2.48. The fraction of sp³-hybridized carbons (Fsp3) is 0. The van der Waals surface area contributed by atoms with Crippen LogP contribution in [0.1, 0.15) is 16.7 Å². The minimum Gasteiger partial charge on any atom is -0.203 e. The first-order valence-electron chi connectivity index (χ1n) is 18.5. The Balaban J connectivity index is 1.68. The fourth-order valence-corrected chi connectivity index (χ4v) is 7.33. The summed E-state index contributed by atoms with van der Waals surface area (Å²) in [5.41, 5.74) is -38.9. The summed E-state index contributed by atoms with van der Waals surface area (Å²) in [6.07, 6.45) is 0. The van der Waals surface area contributed by atoms with Gasteiger partial charge in [0, 0.05) is 16.7 Å². The summed E-state index contributed by atoms with van der Waals surface area (Å²) in [5.74, 6) is -86.2. The van der Waals surface area contributed by atoms with Gasteiger partial charge in [0.1, 0.15) is 18.2 Å². The van der Waals surface area contributed by atoms with Crippen molar-refractivity contribution in [2.24, 2.45) is 0 Å². The van der Waals surface area contributed by atoms with Crippen LogP contribution in [0.4, 0.5) is 119 Å². The molecular formula is C45F27N3. The molecule has 0 saturated heterocycles. The lowest BCUT2D eigenvalue weighted by Crippen LogP contribution is -2.11. The number of benzene rings is 6. The molecule has 6 aromatic rings. The molecule has 0 radical (unpaired) electrons. The quantitative estimate of drug-likeness (QED) is 0.0722. The van der Waals surface area contributed by atoms with Crippen molar-refractivity contribution in [3.05, 3.63) is 190 Å². The Bertz CT molecular complexity index is 3360. The van der Waals surface area contributed by atoms with Gasteiger partial charge in [-0.3, -0.25) is 0 Å². The maximum absolute atomic E-state index is 16.0. The van der Waals surface area contributed by atoms with E-state index in [4.69, 9.17) is 0 Å². The van der Waals surface area contributed by atoms with Crippen LogP contribution in [-0.2, 0) is 0 Å². The average molecular weight is 1100 g/mol. The molecule has 1 aliphatic rings. The van der Waals surface area contributed by atoms with Gasteiger partial charge in [-0.25, -0.2) is 119 Å². The lowest BCUT2D eigenvalue weighted by molar-refractivity contribution is 0.379. The van der Waals surface area contributed by atoms with Crippen molar-refractivity contribution in [3.63, 3.8) is 0 Å². The first kappa shape index (κ1) is 53.9. The van der Waals surface area contributed by atoms with E-state index in [0.717, 1.165) is 0 Å². The Labute approximate surface area is 393 Å². The maximum atomic E-state index is 16.0. The van der Waals surface area contributed by atoms with Crippen LogP contribution in [0.5, 0.6) is 0 Å². The number of allylic oxidation sites excluding steroid dienone is 6. The van der Waals surface area contributed by atoms with Crippen molar-refractivity contribution in [1.29, 1.82) is 15.8 Å². The SMILES string of the molecule is N#CC(=C1C(=C(C#N)c2c(F)c(F)c(-c3c(F)c(F)c(F)c(F)c3F)c(F)c2F)C1=C(C#N)c1c(F)c(F)c(-c2c(F)c(F)c(F)c(F)c2F)c(F)c1F)c1c(F)c(F)c(-c2c(F)c(F)c(F)c(F)c2F)c(F)c1F. The van der Waals surface area contributed by atoms with E-state index in [1.165, 1.54) is 0 Å². The predicted octanol–water partition coefficient (Wildman–Crippen LogP) is 14.7. The standard InChI is InChI=1S/C45F27N3/c46-19-10(20(47)26(53)13(25(19)52)16-31(58)37(64)43(70)38(65)32(16)59)4(1-73)7-8(5(2-74)11-21(48)27(54)14(28(55)22(11)49)17-33(60)39(66)44(71)40(67)34(17)61)9(7)6(3-75)12-23(50)29(56)15(30(57)24(12)51)18-35(62)41(68)45(72)42(69)36(18)63. The zero-order chi connectivity index (χ0) is 56.4. The summed E-state index contributed by atoms with van der Waals surface area (Å²) < 4.78 is 404. The number of rotatable bonds is 6. The van der Waals surface area contributed by atoms with Gasteiger partial charge in [-0.05, 0) is 0 Å². The highest BCUT2D eigenvalue weighted by molar-refractivity contribution is 6.12. The fourth-order valence-electron chi connectivity index (χ4n) is 7.33. The van der Waals surface area contributed by atoms with Crippen molar-refractivity contribution in [2.45, 2.75) is 0 Å². The highest BCUT2D eigenvalue weighted by atomic mass is 19.2. The highest BCUT2D eigenvalue weighted by Crippen LogP contribution is 2.58. The summed E-state index contributed by atoms with van der Waals surface area (Å²) >= 11 is 0. The average Bonchev–Trinajstić information content (AvgIpc) is 4.10. The monoisotopic (exact) mass is 1090 g/mol. The molecule has 1 aliphatic carbocycles. The van der Waals surface area contributed by atoms with Crippen LogP contribution in [0.25, 0.3) is 50.1 Å². The van der Waals surface area contributed by atoms with Gasteiger partial charge in [0.15, 0.2) is 140 Å². The van der Waals surface area contributed by atoms with Gasteiger partial charge in [0.05, 0.1) is 66.8 Å². The summed E-state index contributed by atoms with van der Waals surface area (Å²) in [7, 11) is 0. The molecule has 0 heterocycles. The van der Waals surface area contributed by atoms with Crippen molar-refractivity contribution in [2.75, 3.05) is 0 Å². The van der Waals surface area contributed by atoms with Crippen molar-refractivity contribution < 1.29 is 119 Å². The first-order valence-corrected chi connectivity index (χ1v) is 18.5. The number of nitrogens with zero attached hydrogens (tertiary/aromatic N) is 3. The van der Waals surface area contributed by atoms with E-state index >= 15 is 52.7 Å². The number of hydrogen-bond donors (Lipinski definition) is 0. The molecule has 30 heteroatoms. The van der Waals surface area contributed by atoms with E-state index in [0.29, 0.717) is 18.2 Å². The Morgan fingerprint density at radius 2 is 0.280 bits per heavy atom. The molecule has 0 aromatic heterocycles. The van der Waals surface area contributed by atoms with Gasteiger partial charge < -0.3 is 0 Å². The zero-order valence-corrected chi connectivity index (χ0v) is 34.0. The predicted molar refractivity (Wildman–Crippen MR) is 192 cm³/mol. The molecule has 3 nitrogen and oxygen atoms in total. The third-order valence-corrected chi connectivity index (χ3v) is 10.7. The van der Waals surface area contributed by atoms with E-state index in [1.54, 1.807) is 0 Å².